The van der Waals surface area contributed by atoms with Crippen molar-refractivity contribution >= 4 is 34.2 Å². The Hall–Kier alpha value is -1.00. The average molecular weight is 335 g/mol. The van der Waals surface area contributed by atoms with Crippen LogP contribution >= 0.6 is 23.5 Å². The van der Waals surface area contributed by atoms with Crippen LogP contribution in [0.3, 0.4) is 0 Å². The molecule has 1 aliphatic rings. The van der Waals surface area contributed by atoms with Crippen LogP contribution in [0, 0.1) is 0 Å². The van der Waals surface area contributed by atoms with E-state index in [0.29, 0.717) is 5.56 Å². The number of thioether (sulfide) groups is 2. The normalized spacial score (nSPS) is 13.6. The second kappa shape index (κ2) is 8.59. The number of allylic oxidation sites excluding steroid dienone is 1. The molecule has 0 amide bonds. The molecule has 1 aromatic carbocycles. The molecule has 0 radical (unpaired) electrons. The third kappa shape index (κ3) is 4.05. The van der Waals surface area contributed by atoms with E-state index >= 15 is 0 Å². The number of hydrogen-bond acceptors (Lipinski definition) is 4. The Morgan fingerprint density at radius 2 is 1.50 bits per heavy atom. The monoisotopic (exact) mass is 334 g/mol. The second-order valence-corrected chi connectivity index (χ2v) is 7.50. The maximum Gasteiger partial charge on any atom is 0.201 e. The number of carbonyl (C=O) groups is 1. The van der Waals surface area contributed by atoms with Gasteiger partial charge in [0.15, 0.2) is 5.43 Å². The van der Waals surface area contributed by atoms with Gasteiger partial charge in [-0.2, -0.15) is 0 Å². The SMILES string of the molecule is CCCCSC1=C(SCCCC)c2cccc(=O)cc2C1=O. The van der Waals surface area contributed by atoms with Gasteiger partial charge in [-0.1, -0.05) is 38.8 Å². The van der Waals surface area contributed by atoms with Crippen molar-refractivity contribution in [3.63, 3.8) is 0 Å². The number of carbonyl (C=O) groups excluding carboxylic acids is 1. The third-order valence-electron chi connectivity index (χ3n) is 3.49. The minimum absolute atomic E-state index is 0.0309. The molecule has 1 aromatic rings. The molecule has 118 valence electrons. The molecule has 0 atom stereocenters. The van der Waals surface area contributed by atoms with E-state index in [1.807, 2.05) is 6.07 Å². The van der Waals surface area contributed by atoms with E-state index in [1.165, 1.54) is 12.1 Å². The van der Waals surface area contributed by atoms with Gasteiger partial charge in [0.25, 0.3) is 0 Å². The van der Waals surface area contributed by atoms with Crippen LogP contribution in [0.4, 0.5) is 0 Å². The number of Topliss-reactive ketones (excluding diaryl/α,β-unsaturated/α-hetero) is 1. The number of rotatable bonds is 8. The average Bonchev–Trinajstić information content (AvgIpc) is 2.65. The molecule has 0 spiro atoms. The van der Waals surface area contributed by atoms with Gasteiger partial charge in [0.2, 0.25) is 5.78 Å². The molecular weight excluding hydrogens is 312 g/mol. The van der Waals surface area contributed by atoms with Crippen LogP contribution in [0.5, 0.6) is 0 Å². The van der Waals surface area contributed by atoms with Crippen LogP contribution in [-0.4, -0.2) is 17.3 Å². The van der Waals surface area contributed by atoms with Crippen molar-refractivity contribution in [1.29, 1.82) is 0 Å². The lowest BCUT2D eigenvalue weighted by Gasteiger charge is -2.06. The van der Waals surface area contributed by atoms with Crippen molar-refractivity contribution < 1.29 is 4.79 Å². The van der Waals surface area contributed by atoms with Gasteiger partial charge in [-0.25, -0.2) is 0 Å². The molecule has 0 aromatic heterocycles. The fourth-order valence-corrected chi connectivity index (χ4v) is 4.91. The number of hydrogen-bond donors (Lipinski definition) is 0. The van der Waals surface area contributed by atoms with E-state index in [2.05, 4.69) is 13.8 Å². The zero-order valence-electron chi connectivity index (χ0n) is 13.2. The molecule has 22 heavy (non-hydrogen) atoms. The van der Waals surface area contributed by atoms with Gasteiger partial charge < -0.3 is 0 Å². The zero-order chi connectivity index (χ0) is 15.9. The summed E-state index contributed by atoms with van der Waals surface area (Å²) in [6, 6.07) is 6.68. The molecule has 4 heteroatoms. The van der Waals surface area contributed by atoms with Gasteiger partial charge in [0, 0.05) is 16.0 Å². The van der Waals surface area contributed by atoms with Gasteiger partial charge in [-0.15, -0.1) is 23.5 Å². The zero-order valence-corrected chi connectivity index (χ0v) is 14.8. The molecule has 0 bridgehead atoms. The first-order valence-electron chi connectivity index (χ1n) is 7.88. The number of ketones is 1. The van der Waals surface area contributed by atoms with Crippen molar-refractivity contribution in [2.75, 3.05) is 11.5 Å². The topological polar surface area (TPSA) is 34.1 Å². The highest BCUT2D eigenvalue weighted by Crippen LogP contribution is 2.44. The Bertz CT molecular complexity index is 635. The van der Waals surface area contributed by atoms with Crippen molar-refractivity contribution in [3.8, 4) is 0 Å². The van der Waals surface area contributed by atoms with Gasteiger partial charge >= 0.3 is 0 Å². The summed E-state index contributed by atoms with van der Waals surface area (Å²) < 4.78 is 0. The summed E-state index contributed by atoms with van der Waals surface area (Å²) in [5.41, 5.74) is 1.41. The lowest BCUT2D eigenvalue weighted by molar-refractivity contribution is 0.104. The predicted octanol–water partition coefficient (Wildman–Crippen LogP) is 4.98. The summed E-state index contributed by atoms with van der Waals surface area (Å²) in [5.74, 6) is 2.00. The van der Waals surface area contributed by atoms with Crippen LogP contribution in [0.25, 0.3) is 4.91 Å². The molecule has 2 rings (SSSR count). The third-order valence-corrected chi connectivity index (χ3v) is 6.00. The van der Waals surface area contributed by atoms with Crippen LogP contribution in [-0.2, 0) is 0 Å². The van der Waals surface area contributed by atoms with Gasteiger partial charge in [-0.05, 0) is 36.5 Å². The Morgan fingerprint density at radius 3 is 2.14 bits per heavy atom. The maximum atomic E-state index is 12.7. The molecule has 0 fully saturated rings. The van der Waals surface area contributed by atoms with E-state index < -0.39 is 0 Å². The van der Waals surface area contributed by atoms with Crippen LogP contribution < -0.4 is 5.43 Å². The van der Waals surface area contributed by atoms with Crippen molar-refractivity contribution in [1.82, 2.24) is 0 Å². The van der Waals surface area contributed by atoms with Gasteiger partial charge in [0.05, 0.1) is 4.91 Å². The van der Waals surface area contributed by atoms with Crippen LogP contribution in [0.2, 0.25) is 0 Å². The standard InChI is InChI=1S/C18H22O2S2/c1-3-5-10-21-17-14-9-7-8-13(19)12-15(14)16(20)18(17)22-11-6-4-2/h7-9,12H,3-6,10-11H2,1-2H3. The van der Waals surface area contributed by atoms with E-state index in [1.54, 1.807) is 29.6 Å². The molecule has 0 unspecified atom stereocenters. The van der Waals surface area contributed by atoms with Crippen LogP contribution in [0.1, 0.15) is 55.5 Å². The Kier molecular flexibility index (Phi) is 6.77. The minimum Gasteiger partial charge on any atom is -0.290 e. The van der Waals surface area contributed by atoms with Crippen LogP contribution in [0.15, 0.2) is 34.0 Å². The Balaban J connectivity index is 2.36. The van der Waals surface area contributed by atoms with E-state index in [9.17, 15) is 9.59 Å². The number of unbranched alkanes of at least 4 members (excludes halogenated alkanes) is 2. The first-order chi connectivity index (χ1) is 10.7. The smallest absolute Gasteiger partial charge is 0.201 e. The highest BCUT2D eigenvalue weighted by atomic mass is 32.2. The fraction of sp³-hybridized carbons (Fsp3) is 0.444. The molecule has 0 saturated carbocycles. The largest absolute Gasteiger partial charge is 0.290 e. The summed E-state index contributed by atoms with van der Waals surface area (Å²) in [5, 5.41) is 0. The maximum absolute atomic E-state index is 12.7. The van der Waals surface area contributed by atoms with E-state index in [4.69, 9.17) is 0 Å². The molecule has 0 N–H and O–H groups in total. The van der Waals surface area contributed by atoms with Gasteiger partial charge in [-0.3, -0.25) is 9.59 Å². The molecule has 0 aliphatic heterocycles. The summed E-state index contributed by atoms with van der Waals surface area (Å²) in [7, 11) is 0. The number of fused-ring (bicyclic) bond motifs is 1. The first kappa shape index (κ1) is 17.4. The van der Waals surface area contributed by atoms with Crippen molar-refractivity contribution in [2.45, 2.75) is 39.5 Å². The summed E-state index contributed by atoms with van der Waals surface area (Å²) in [4.78, 5) is 26.3. The summed E-state index contributed by atoms with van der Waals surface area (Å²) in [6.07, 6.45) is 4.51. The molecule has 2 nitrogen and oxygen atoms in total. The lowest BCUT2D eigenvalue weighted by Crippen LogP contribution is -2.00. The van der Waals surface area contributed by atoms with Gasteiger partial charge in [0.1, 0.15) is 0 Å². The highest BCUT2D eigenvalue weighted by Gasteiger charge is 2.29. The molecule has 0 saturated heterocycles. The fourth-order valence-electron chi connectivity index (χ4n) is 2.24. The molecule has 0 heterocycles. The second-order valence-electron chi connectivity index (χ2n) is 5.29. The quantitative estimate of drug-likeness (QED) is 0.628. The van der Waals surface area contributed by atoms with E-state index in [0.717, 1.165) is 52.6 Å². The summed E-state index contributed by atoms with van der Waals surface area (Å²) in [6.45, 7) is 4.32. The van der Waals surface area contributed by atoms with Crippen molar-refractivity contribution in [2.24, 2.45) is 0 Å². The first-order valence-corrected chi connectivity index (χ1v) is 9.85. The Morgan fingerprint density at radius 1 is 0.864 bits per heavy atom. The molecular formula is C18H22O2S2. The van der Waals surface area contributed by atoms with E-state index in [-0.39, 0.29) is 11.2 Å². The minimum atomic E-state index is -0.104. The predicted molar refractivity (Wildman–Crippen MR) is 98.7 cm³/mol. The lowest BCUT2D eigenvalue weighted by atomic mass is 10.2. The van der Waals surface area contributed by atoms with Crippen molar-refractivity contribution in [3.05, 3.63) is 50.5 Å². The highest BCUT2D eigenvalue weighted by molar-refractivity contribution is 8.11. The molecule has 1 aliphatic carbocycles. The Labute approximate surface area is 140 Å². The summed E-state index contributed by atoms with van der Waals surface area (Å²) >= 11 is 3.41.